The first kappa shape index (κ1) is 14.4. The van der Waals surface area contributed by atoms with Crippen molar-refractivity contribution in [3.63, 3.8) is 0 Å². The van der Waals surface area contributed by atoms with Crippen LogP contribution in [0.25, 0.3) is 0 Å². The van der Waals surface area contributed by atoms with Crippen LogP contribution in [-0.4, -0.2) is 39.0 Å². The van der Waals surface area contributed by atoms with Crippen LogP contribution >= 0.6 is 0 Å². The highest BCUT2D eigenvalue weighted by molar-refractivity contribution is 5.94. The molecule has 1 heterocycles. The monoisotopic (exact) mass is 253 g/mol. The third-order valence-electron chi connectivity index (χ3n) is 2.76. The zero-order valence-electron chi connectivity index (χ0n) is 10.9. The molecule has 1 aromatic heterocycles. The van der Waals surface area contributed by atoms with Crippen molar-refractivity contribution >= 4 is 11.8 Å². The van der Waals surface area contributed by atoms with Crippen LogP contribution < -0.4 is 5.32 Å². The average Bonchev–Trinajstić information content (AvgIpc) is 2.28. The molecule has 1 unspecified atom stereocenters. The Morgan fingerprint density at radius 1 is 1.39 bits per heavy atom. The van der Waals surface area contributed by atoms with Crippen LogP contribution in [0.4, 0.5) is 5.82 Å². The van der Waals surface area contributed by atoms with Crippen LogP contribution in [0.5, 0.6) is 0 Å². The molecule has 1 rings (SSSR count). The second-order valence-electron chi connectivity index (χ2n) is 4.36. The number of aromatic carboxylic acids is 1. The van der Waals surface area contributed by atoms with Gasteiger partial charge in [0.2, 0.25) is 0 Å². The van der Waals surface area contributed by atoms with Gasteiger partial charge < -0.3 is 15.5 Å². The van der Waals surface area contributed by atoms with Gasteiger partial charge in [-0.15, -0.1) is 5.10 Å². The third kappa shape index (κ3) is 3.66. The summed E-state index contributed by atoms with van der Waals surface area (Å²) in [5.74, 6) is -0.722. The molecule has 0 aliphatic heterocycles. The fourth-order valence-corrected chi connectivity index (χ4v) is 1.60. The molecule has 6 nitrogen and oxygen atoms in total. The van der Waals surface area contributed by atoms with Crippen molar-refractivity contribution in [2.75, 3.05) is 11.9 Å². The summed E-state index contributed by atoms with van der Waals surface area (Å²) in [4.78, 5) is 11.2. The molecular weight excluding hydrogens is 234 g/mol. The smallest absolute Gasteiger partial charge is 0.339 e. The van der Waals surface area contributed by atoms with Gasteiger partial charge in [0, 0.05) is 6.54 Å². The van der Waals surface area contributed by atoms with Gasteiger partial charge in [0.15, 0.2) is 5.82 Å². The van der Waals surface area contributed by atoms with Gasteiger partial charge in [0.25, 0.3) is 0 Å². The van der Waals surface area contributed by atoms with Crippen LogP contribution in [0, 0.1) is 13.8 Å². The SMILES string of the molecule is Cc1nnc(NCCCC(C)O)c(C(=O)O)c1C. The van der Waals surface area contributed by atoms with E-state index in [4.69, 9.17) is 10.2 Å². The molecule has 0 radical (unpaired) electrons. The molecule has 0 fully saturated rings. The first-order valence-electron chi connectivity index (χ1n) is 5.92. The van der Waals surface area contributed by atoms with Crippen molar-refractivity contribution in [3.05, 3.63) is 16.8 Å². The van der Waals surface area contributed by atoms with Gasteiger partial charge in [-0.3, -0.25) is 0 Å². The fraction of sp³-hybridized carbons (Fsp3) is 0.583. The highest BCUT2D eigenvalue weighted by Gasteiger charge is 2.17. The van der Waals surface area contributed by atoms with E-state index >= 15 is 0 Å². The maximum absolute atomic E-state index is 11.2. The summed E-state index contributed by atoms with van der Waals surface area (Å²) in [6.07, 6.45) is 1.05. The minimum Gasteiger partial charge on any atom is -0.478 e. The van der Waals surface area contributed by atoms with Crippen molar-refractivity contribution < 1.29 is 15.0 Å². The maximum Gasteiger partial charge on any atom is 0.339 e. The minimum absolute atomic E-state index is 0.166. The minimum atomic E-state index is -1.01. The Balaban J connectivity index is 2.76. The predicted molar refractivity (Wildman–Crippen MR) is 67.9 cm³/mol. The Morgan fingerprint density at radius 2 is 2.06 bits per heavy atom. The van der Waals surface area contributed by atoms with Crippen molar-refractivity contribution in [2.45, 2.75) is 39.7 Å². The molecule has 0 aliphatic rings. The Kier molecular flexibility index (Phi) is 5.03. The number of carboxylic acids is 1. The quantitative estimate of drug-likeness (QED) is 0.663. The molecule has 100 valence electrons. The predicted octanol–water partition coefficient (Wildman–Crippen LogP) is 1.36. The first-order valence-corrected chi connectivity index (χ1v) is 5.92. The number of rotatable bonds is 6. The maximum atomic E-state index is 11.2. The number of nitrogens with zero attached hydrogens (tertiary/aromatic N) is 2. The molecule has 0 saturated heterocycles. The van der Waals surface area contributed by atoms with E-state index in [-0.39, 0.29) is 17.5 Å². The lowest BCUT2D eigenvalue weighted by molar-refractivity contribution is 0.0696. The van der Waals surface area contributed by atoms with Crippen molar-refractivity contribution in [1.29, 1.82) is 0 Å². The number of hydrogen-bond donors (Lipinski definition) is 3. The summed E-state index contributed by atoms with van der Waals surface area (Å²) in [5, 5.41) is 29.0. The van der Waals surface area contributed by atoms with Crippen LogP contribution in [0.2, 0.25) is 0 Å². The van der Waals surface area contributed by atoms with Crippen LogP contribution in [0.1, 0.15) is 41.4 Å². The van der Waals surface area contributed by atoms with Crippen LogP contribution in [-0.2, 0) is 0 Å². The van der Waals surface area contributed by atoms with Crippen LogP contribution in [0.3, 0.4) is 0 Å². The van der Waals surface area contributed by atoms with Crippen LogP contribution in [0.15, 0.2) is 0 Å². The molecule has 1 atom stereocenters. The van der Waals surface area contributed by atoms with Crippen molar-refractivity contribution in [2.24, 2.45) is 0 Å². The summed E-state index contributed by atoms with van der Waals surface area (Å²) in [6.45, 7) is 5.72. The van der Waals surface area contributed by atoms with Crippen molar-refractivity contribution in [3.8, 4) is 0 Å². The molecular formula is C12H19N3O3. The number of aromatic nitrogens is 2. The van der Waals surface area contributed by atoms with Gasteiger partial charge in [-0.25, -0.2) is 4.79 Å². The summed E-state index contributed by atoms with van der Waals surface area (Å²) < 4.78 is 0. The highest BCUT2D eigenvalue weighted by atomic mass is 16.4. The number of aliphatic hydroxyl groups excluding tert-OH is 1. The summed E-state index contributed by atoms with van der Waals surface area (Å²) in [6, 6.07) is 0. The molecule has 0 amide bonds. The standard InChI is InChI=1S/C12H19N3O3/c1-7(16)5-4-6-13-11-10(12(17)18)8(2)9(3)14-15-11/h7,16H,4-6H2,1-3H3,(H,13,15)(H,17,18). The van der Waals surface area contributed by atoms with E-state index in [9.17, 15) is 4.79 Å². The zero-order valence-corrected chi connectivity index (χ0v) is 10.9. The number of aryl methyl sites for hydroxylation is 1. The van der Waals surface area contributed by atoms with E-state index in [0.717, 1.165) is 6.42 Å². The number of anilines is 1. The summed E-state index contributed by atoms with van der Waals surface area (Å²) in [5.41, 5.74) is 1.40. The Labute approximate surface area is 106 Å². The summed E-state index contributed by atoms with van der Waals surface area (Å²) >= 11 is 0. The number of hydrogen-bond acceptors (Lipinski definition) is 5. The number of carboxylic acid groups (broad SMARTS) is 1. The lowest BCUT2D eigenvalue weighted by atomic mass is 10.1. The first-order chi connectivity index (χ1) is 8.43. The van der Waals surface area contributed by atoms with E-state index in [1.165, 1.54) is 0 Å². The molecule has 0 aromatic carbocycles. The van der Waals surface area contributed by atoms with E-state index in [0.29, 0.717) is 24.2 Å². The number of carbonyl (C=O) groups is 1. The normalized spacial score (nSPS) is 12.2. The van der Waals surface area contributed by atoms with E-state index in [1.807, 2.05) is 0 Å². The highest BCUT2D eigenvalue weighted by Crippen LogP contribution is 2.18. The van der Waals surface area contributed by atoms with Crippen molar-refractivity contribution in [1.82, 2.24) is 10.2 Å². The fourth-order valence-electron chi connectivity index (χ4n) is 1.60. The lowest BCUT2D eigenvalue weighted by Crippen LogP contribution is -2.14. The Bertz CT molecular complexity index is 433. The Hall–Kier alpha value is -1.69. The summed E-state index contributed by atoms with van der Waals surface area (Å²) in [7, 11) is 0. The third-order valence-corrected chi connectivity index (χ3v) is 2.76. The average molecular weight is 253 g/mol. The van der Waals surface area contributed by atoms with E-state index in [2.05, 4.69) is 15.5 Å². The molecule has 6 heteroatoms. The number of aliphatic hydroxyl groups is 1. The molecule has 0 aliphatic carbocycles. The molecule has 3 N–H and O–H groups in total. The molecule has 0 saturated carbocycles. The van der Waals surface area contributed by atoms with E-state index < -0.39 is 5.97 Å². The molecule has 0 bridgehead atoms. The second kappa shape index (κ2) is 6.30. The van der Waals surface area contributed by atoms with Gasteiger partial charge >= 0.3 is 5.97 Å². The molecule has 1 aromatic rings. The lowest BCUT2D eigenvalue weighted by Gasteiger charge is -2.11. The Morgan fingerprint density at radius 3 is 2.61 bits per heavy atom. The largest absolute Gasteiger partial charge is 0.478 e. The van der Waals surface area contributed by atoms with Gasteiger partial charge in [0.1, 0.15) is 5.56 Å². The van der Waals surface area contributed by atoms with Gasteiger partial charge in [0.05, 0.1) is 11.8 Å². The van der Waals surface area contributed by atoms with Gasteiger partial charge in [-0.1, -0.05) is 0 Å². The topological polar surface area (TPSA) is 95.3 Å². The van der Waals surface area contributed by atoms with Gasteiger partial charge in [-0.05, 0) is 39.2 Å². The number of nitrogens with one attached hydrogen (secondary N) is 1. The zero-order chi connectivity index (χ0) is 13.7. The van der Waals surface area contributed by atoms with E-state index in [1.54, 1.807) is 20.8 Å². The molecule has 18 heavy (non-hydrogen) atoms. The molecule has 0 spiro atoms. The van der Waals surface area contributed by atoms with Gasteiger partial charge in [-0.2, -0.15) is 5.10 Å². The second-order valence-corrected chi connectivity index (χ2v) is 4.36.